The maximum atomic E-state index is 16.4. The predicted octanol–water partition coefficient (Wildman–Crippen LogP) is 5.54. The summed E-state index contributed by atoms with van der Waals surface area (Å²) < 4.78 is 31.2. The first kappa shape index (κ1) is 25.8. The van der Waals surface area contributed by atoms with Gasteiger partial charge in [-0.25, -0.2) is 13.8 Å². The summed E-state index contributed by atoms with van der Waals surface area (Å²) in [5.74, 6) is -1.24. The van der Waals surface area contributed by atoms with Crippen molar-refractivity contribution in [3.63, 3.8) is 0 Å². The summed E-state index contributed by atoms with van der Waals surface area (Å²) in [7, 11) is 0. The number of fused-ring (bicyclic) bond motifs is 1. The van der Waals surface area contributed by atoms with E-state index in [0.29, 0.717) is 35.7 Å². The normalized spacial score (nSPS) is 22.1. The van der Waals surface area contributed by atoms with Gasteiger partial charge in [0.2, 0.25) is 11.9 Å². The van der Waals surface area contributed by atoms with Crippen LogP contribution in [-0.4, -0.2) is 64.1 Å². The van der Waals surface area contributed by atoms with Crippen LogP contribution >= 0.6 is 11.6 Å². The number of phenolic OH excluding ortho intramolecular Hbond substituents is 1. The second-order valence-electron chi connectivity index (χ2n) is 11.2. The number of rotatable bonds is 4. The van der Waals surface area contributed by atoms with E-state index in [1.165, 1.54) is 37.5 Å². The van der Waals surface area contributed by atoms with Gasteiger partial charge in [0.25, 0.3) is 0 Å². The highest BCUT2D eigenvalue weighted by Crippen LogP contribution is 2.50. The molecule has 0 bridgehead atoms. The zero-order chi connectivity index (χ0) is 27.6. The van der Waals surface area contributed by atoms with Crippen molar-refractivity contribution >= 4 is 40.2 Å². The van der Waals surface area contributed by atoms with Gasteiger partial charge < -0.3 is 19.8 Å². The topological polar surface area (TPSA) is 72.8 Å². The number of benzene rings is 2. The summed E-state index contributed by atoms with van der Waals surface area (Å²) in [6.07, 6.45) is 4.85. The van der Waals surface area contributed by atoms with Crippen LogP contribution < -0.4 is 9.80 Å². The zero-order valence-corrected chi connectivity index (χ0v) is 22.7. The Labute approximate surface area is 230 Å². The molecule has 7 nitrogen and oxygen atoms in total. The Morgan fingerprint density at radius 1 is 1.15 bits per heavy atom. The van der Waals surface area contributed by atoms with Gasteiger partial charge in [-0.15, -0.1) is 0 Å². The molecule has 1 aliphatic carbocycles. The van der Waals surface area contributed by atoms with Gasteiger partial charge in [-0.3, -0.25) is 4.79 Å². The maximum Gasteiger partial charge on any atom is 0.246 e. The Bertz CT molecular complexity index is 1480. The minimum atomic E-state index is -0.817. The van der Waals surface area contributed by atoms with Gasteiger partial charge in [-0.2, -0.15) is 4.98 Å². The molecule has 0 radical (unpaired) electrons. The zero-order valence-electron chi connectivity index (χ0n) is 21.9. The van der Waals surface area contributed by atoms with Crippen LogP contribution in [0.15, 0.2) is 36.9 Å². The number of piperazine rings is 1. The van der Waals surface area contributed by atoms with Crippen LogP contribution in [0.3, 0.4) is 0 Å². The van der Waals surface area contributed by atoms with Gasteiger partial charge in [0, 0.05) is 54.6 Å². The molecule has 3 aliphatic rings. The van der Waals surface area contributed by atoms with E-state index in [-0.39, 0.29) is 39.7 Å². The Hall–Kier alpha value is -3.46. The summed E-state index contributed by atoms with van der Waals surface area (Å²) in [5, 5.41) is 10.7. The number of amides is 1. The number of carbonyl (C=O) groups is 1. The third kappa shape index (κ3) is 4.09. The van der Waals surface area contributed by atoms with Crippen molar-refractivity contribution in [2.24, 2.45) is 5.41 Å². The number of anilines is 2. The van der Waals surface area contributed by atoms with Crippen LogP contribution in [0.25, 0.3) is 22.0 Å². The molecule has 1 amide bonds. The lowest BCUT2D eigenvalue weighted by molar-refractivity contribution is -0.128. The Kier molecular flexibility index (Phi) is 6.17. The molecule has 2 saturated heterocycles. The van der Waals surface area contributed by atoms with Crippen LogP contribution in [0.4, 0.5) is 20.5 Å². The van der Waals surface area contributed by atoms with Crippen LogP contribution in [0, 0.1) is 17.0 Å². The minimum Gasteiger partial charge on any atom is -0.507 e. The Morgan fingerprint density at radius 3 is 2.54 bits per heavy atom. The number of phenols is 1. The third-order valence-electron chi connectivity index (χ3n) is 8.56. The van der Waals surface area contributed by atoms with Crippen LogP contribution in [0.1, 0.15) is 33.1 Å². The minimum absolute atomic E-state index is 0.0102. The van der Waals surface area contributed by atoms with E-state index in [1.807, 2.05) is 13.8 Å². The summed E-state index contributed by atoms with van der Waals surface area (Å²) >= 11 is 6.58. The molecule has 1 N–H and O–H groups in total. The molecule has 10 heteroatoms. The van der Waals surface area contributed by atoms with E-state index in [9.17, 15) is 14.3 Å². The average Bonchev–Trinajstić information content (AvgIpc) is 2.84. The Morgan fingerprint density at radius 2 is 1.90 bits per heavy atom. The molecule has 3 heterocycles. The summed E-state index contributed by atoms with van der Waals surface area (Å²) in [4.78, 5) is 27.9. The molecule has 204 valence electrons. The molecule has 1 aromatic heterocycles. The molecular weight excluding hydrogens is 524 g/mol. The van der Waals surface area contributed by atoms with Gasteiger partial charge in [-0.05, 0) is 51.0 Å². The standard InChI is InChI=1S/C29H30ClF2N5O2/c1-4-22(39)36-12-17(3)37(13-16(36)2)27-18-11-19(30)23(24-20(31)7-5-8-21(24)38)25(32)26(18)33-28(34-27)35-14-29(15-35)9-6-10-29/h4-5,7-8,11,16-17,38H,1,6,9-10,12-15H2,2-3H3/t16-,17+/m1/s1. The maximum absolute atomic E-state index is 16.4. The molecule has 1 saturated carbocycles. The van der Waals surface area contributed by atoms with Crippen LogP contribution in [0.2, 0.25) is 5.02 Å². The van der Waals surface area contributed by atoms with Crippen molar-refractivity contribution < 1.29 is 18.7 Å². The number of nitrogens with zero attached hydrogens (tertiary/aromatic N) is 5. The van der Waals surface area contributed by atoms with E-state index in [0.717, 1.165) is 19.2 Å². The summed E-state index contributed by atoms with van der Waals surface area (Å²) in [6.45, 7) is 10.1. The summed E-state index contributed by atoms with van der Waals surface area (Å²) in [5.41, 5.74) is -0.243. The molecule has 0 unspecified atom stereocenters. The van der Waals surface area contributed by atoms with E-state index >= 15 is 4.39 Å². The van der Waals surface area contributed by atoms with Gasteiger partial charge >= 0.3 is 0 Å². The highest BCUT2D eigenvalue weighted by Gasteiger charge is 2.48. The van der Waals surface area contributed by atoms with Gasteiger partial charge in [0.1, 0.15) is 22.9 Å². The Balaban J connectivity index is 1.51. The van der Waals surface area contributed by atoms with Crippen molar-refractivity contribution in [2.75, 3.05) is 36.0 Å². The lowest BCUT2D eigenvalue weighted by atomic mass is 9.64. The van der Waals surface area contributed by atoms with Gasteiger partial charge in [-0.1, -0.05) is 30.7 Å². The average molecular weight is 554 g/mol. The van der Waals surface area contributed by atoms with Gasteiger partial charge in [0.15, 0.2) is 5.82 Å². The smallest absolute Gasteiger partial charge is 0.246 e. The lowest BCUT2D eigenvalue weighted by Gasteiger charge is -2.56. The number of aromatic nitrogens is 2. The third-order valence-corrected chi connectivity index (χ3v) is 8.86. The summed E-state index contributed by atoms with van der Waals surface area (Å²) in [6, 6.07) is 5.05. The van der Waals surface area contributed by atoms with Gasteiger partial charge in [0.05, 0.1) is 10.6 Å². The van der Waals surface area contributed by atoms with Crippen molar-refractivity contribution in [1.82, 2.24) is 14.9 Å². The van der Waals surface area contributed by atoms with E-state index in [2.05, 4.69) is 21.4 Å². The molecule has 39 heavy (non-hydrogen) atoms. The number of halogens is 3. The molecule has 3 fully saturated rings. The van der Waals surface area contributed by atoms with Crippen molar-refractivity contribution in [3.05, 3.63) is 53.6 Å². The van der Waals surface area contributed by atoms with Crippen molar-refractivity contribution in [1.29, 1.82) is 0 Å². The number of carbonyl (C=O) groups excluding carboxylic acids is 1. The fraction of sp³-hybridized carbons (Fsp3) is 0.414. The molecule has 2 atom stereocenters. The highest BCUT2D eigenvalue weighted by molar-refractivity contribution is 6.34. The van der Waals surface area contributed by atoms with E-state index in [4.69, 9.17) is 16.6 Å². The number of hydrogen-bond acceptors (Lipinski definition) is 6. The fourth-order valence-electron chi connectivity index (χ4n) is 6.26. The van der Waals surface area contributed by atoms with E-state index in [1.54, 1.807) is 11.0 Å². The molecule has 1 spiro atoms. The first-order valence-corrected chi connectivity index (χ1v) is 13.6. The number of hydrogen-bond donors (Lipinski definition) is 1. The molecular formula is C29H30ClF2N5O2. The molecule has 6 rings (SSSR count). The fourth-order valence-corrected chi connectivity index (χ4v) is 6.55. The predicted molar refractivity (Wildman–Crippen MR) is 148 cm³/mol. The quantitative estimate of drug-likeness (QED) is 0.428. The second kappa shape index (κ2) is 9.33. The van der Waals surface area contributed by atoms with Crippen LogP contribution in [-0.2, 0) is 4.79 Å². The largest absolute Gasteiger partial charge is 0.507 e. The monoisotopic (exact) mass is 553 g/mol. The van der Waals surface area contributed by atoms with E-state index < -0.39 is 17.4 Å². The molecule has 2 aliphatic heterocycles. The van der Waals surface area contributed by atoms with Crippen molar-refractivity contribution in [2.45, 2.75) is 45.2 Å². The SMILES string of the molecule is C=CC(=O)N1C[C@H](C)N(c2nc(N3CC4(CCC4)C3)nc3c(F)c(-c4c(O)cccc4F)c(Cl)cc23)C[C@H]1C. The highest BCUT2D eigenvalue weighted by atomic mass is 35.5. The first-order valence-electron chi connectivity index (χ1n) is 13.2. The molecule has 3 aromatic rings. The lowest BCUT2D eigenvalue weighted by Crippen LogP contribution is -2.60. The first-order chi connectivity index (χ1) is 18.6. The number of aromatic hydroxyl groups is 1. The second-order valence-corrected chi connectivity index (χ2v) is 11.6. The van der Waals surface area contributed by atoms with Crippen LogP contribution in [0.5, 0.6) is 5.75 Å². The molecule has 2 aromatic carbocycles. The van der Waals surface area contributed by atoms with Crippen molar-refractivity contribution in [3.8, 4) is 16.9 Å².